The number of benzene rings is 2. The first kappa shape index (κ1) is 29.2. The minimum absolute atomic E-state index is 0.0406. The summed E-state index contributed by atoms with van der Waals surface area (Å²) in [7, 11) is -5.85. The number of anilines is 1. The van der Waals surface area contributed by atoms with Crippen molar-refractivity contribution in [1.82, 2.24) is 19.6 Å². The highest BCUT2D eigenvalue weighted by molar-refractivity contribution is 7.88. The minimum atomic E-state index is -5.85. The highest BCUT2D eigenvalue weighted by Gasteiger charge is 2.49. The summed E-state index contributed by atoms with van der Waals surface area (Å²) >= 11 is 0. The fourth-order valence-electron chi connectivity index (χ4n) is 3.52. The van der Waals surface area contributed by atoms with Crippen LogP contribution in [0.5, 0.6) is 5.75 Å². The molecular weight excluding hydrogens is 547 g/mol. The molecule has 0 amide bonds. The molecule has 2 aromatic carbocycles. The molecular formula is C23H24F3N5O7S. The smallest absolute Gasteiger partial charge is 0.463 e. The molecule has 0 fully saturated rings. The van der Waals surface area contributed by atoms with Crippen molar-refractivity contribution < 1.29 is 45.2 Å². The van der Waals surface area contributed by atoms with Gasteiger partial charge in [-0.1, -0.05) is 12.1 Å². The van der Waals surface area contributed by atoms with E-state index in [9.17, 15) is 31.2 Å². The minimum Gasteiger partial charge on any atom is -0.463 e. The van der Waals surface area contributed by atoms with E-state index in [4.69, 9.17) is 15.6 Å². The Labute approximate surface area is 219 Å². The molecule has 0 aliphatic rings. The number of nitrogens with two attached hydrogens (primary N) is 1. The molecule has 4 aromatic rings. The van der Waals surface area contributed by atoms with Crippen LogP contribution in [0.15, 0.2) is 36.4 Å². The third kappa shape index (κ3) is 6.05. The molecule has 4 rings (SSSR count). The van der Waals surface area contributed by atoms with Gasteiger partial charge in [0.25, 0.3) is 0 Å². The van der Waals surface area contributed by atoms with Crippen LogP contribution in [0, 0.1) is 13.8 Å². The molecule has 2 aromatic heterocycles. The van der Waals surface area contributed by atoms with Crippen LogP contribution in [0.4, 0.5) is 28.4 Å². The Kier molecular flexibility index (Phi) is 7.56. The van der Waals surface area contributed by atoms with E-state index in [0.717, 1.165) is 15.4 Å². The van der Waals surface area contributed by atoms with Crippen LogP contribution in [-0.4, -0.2) is 56.4 Å². The quantitative estimate of drug-likeness (QED) is 0.193. The van der Waals surface area contributed by atoms with Gasteiger partial charge in [-0.15, -0.1) is 0 Å². The number of carbonyl (C=O) groups excluding carboxylic acids is 1. The fourth-order valence-corrected chi connectivity index (χ4v) is 3.99. The van der Waals surface area contributed by atoms with Gasteiger partial charge in [0, 0.05) is 11.1 Å². The van der Waals surface area contributed by atoms with Gasteiger partial charge in [-0.3, -0.25) is 0 Å². The lowest BCUT2D eigenvalue weighted by Crippen LogP contribution is -2.28. The largest absolute Gasteiger partial charge is 0.534 e. The van der Waals surface area contributed by atoms with Crippen LogP contribution in [-0.2, 0) is 14.9 Å². The second-order valence-corrected chi connectivity index (χ2v) is 10.7. The van der Waals surface area contributed by atoms with E-state index < -0.39 is 39.2 Å². The van der Waals surface area contributed by atoms with E-state index in [1.54, 1.807) is 45.9 Å². The molecule has 0 radical (unpaired) electrons. The van der Waals surface area contributed by atoms with E-state index in [2.05, 4.69) is 14.4 Å². The molecule has 39 heavy (non-hydrogen) atoms. The van der Waals surface area contributed by atoms with E-state index in [1.165, 1.54) is 19.1 Å². The third-order valence-corrected chi connectivity index (χ3v) is 5.96. The first-order chi connectivity index (χ1) is 17.8. The number of ether oxygens (including phenoxy) is 1. The van der Waals surface area contributed by atoms with Crippen LogP contribution < -0.4 is 9.92 Å². The molecule has 2 heterocycles. The number of hydrogen-bond acceptors (Lipinski definition) is 9. The normalized spacial score (nSPS) is 12.2. The van der Waals surface area contributed by atoms with E-state index >= 15 is 0 Å². The average molecular weight is 572 g/mol. The maximum Gasteiger partial charge on any atom is 0.534 e. The number of fused-ring (bicyclic) bond motifs is 2. The first-order valence-corrected chi connectivity index (χ1v) is 12.4. The molecule has 0 spiro atoms. The van der Waals surface area contributed by atoms with Gasteiger partial charge in [0.05, 0.1) is 27.8 Å². The topological polar surface area (TPSA) is 169 Å². The molecule has 12 nitrogen and oxygen atoms in total. The number of carbonyl (C=O) groups is 2. The Morgan fingerprint density at radius 2 is 1.44 bits per heavy atom. The highest BCUT2D eigenvalue weighted by atomic mass is 32.2. The number of carboxylic acid groups (broad SMARTS) is 1. The predicted molar refractivity (Wildman–Crippen MR) is 134 cm³/mol. The van der Waals surface area contributed by atoms with Crippen molar-refractivity contribution in [3.05, 3.63) is 47.8 Å². The van der Waals surface area contributed by atoms with Gasteiger partial charge >= 0.3 is 27.8 Å². The Hall–Kier alpha value is -4.34. The monoisotopic (exact) mass is 571 g/mol. The zero-order chi connectivity index (χ0) is 29.5. The summed E-state index contributed by atoms with van der Waals surface area (Å²) < 4.78 is 71.2. The van der Waals surface area contributed by atoms with Gasteiger partial charge in [0.2, 0.25) is 0 Å². The van der Waals surface area contributed by atoms with Crippen LogP contribution in [0.2, 0.25) is 0 Å². The second kappa shape index (κ2) is 10.1. The van der Waals surface area contributed by atoms with Gasteiger partial charge in [0.1, 0.15) is 5.60 Å². The summed E-state index contributed by atoms with van der Waals surface area (Å²) in [6.07, 6.45) is -1.96. The van der Waals surface area contributed by atoms with Gasteiger partial charge < -0.3 is 19.8 Å². The van der Waals surface area contributed by atoms with E-state index in [1.807, 2.05) is 0 Å². The van der Waals surface area contributed by atoms with Gasteiger partial charge in [-0.25, -0.2) is 9.59 Å². The van der Waals surface area contributed by atoms with Gasteiger partial charge in [-0.05, 0) is 58.9 Å². The number of aromatic nitrogens is 4. The summed E-state index contributed by atoms with van der Waals surface area (Å²) in [5, 5.41) is 17.3. The summed E-state index contributed by atoms with van der Waals surface area (Å²) in [5.41, 5.74) is 1.18. The first-order valence-electron chi connectivity index (χ1n) is 11.0. The second-order valence-electron chi connectivity index (χ2n) is 9.13. The van der Waals surface area contributed by atoms with Crippen molar-refractivity contribution in [2.75, 3.05) is 5.73 Å². The van der Waals surface area contributed by atoms with Crippen LogP contribution in [0.1, 0.15) is 32.2 Å². The maximum absolute atomic E-state index is 12.5. The lowest BCUT2D eigenvalue weighted by Gasteiger charge is -2.19. The van der Waals surface area contributed by atoms with Crippen molar-refractivity contribution in [2.24, 2.45) is 0 Å². The van der Waals surface area contributed by atoms with Crippen molar-refractivity contribution in [2.45, 2.75) is 45.7 Å². The molecule has 0 aliphatic heterocycles. The lowest BCUT2D eigenvalue weighted by molar-refractivity contribution is -0.0499. The number of halogens is 3. The summed E-state index contributed by atoms with van der Waals surface area (Å²) in [6.45, 7) is 8.03. The standard InChI is InChI=1S/C14H15F3N2O5S.C9H9N3O2/c1-8-11-9(19(18-8)12(20)23-13(2,3)4)6-5-7-10(11)24-25(21,22)14(15,16)17;1-5-8-6(10)3-2-4-7(8)12(11-5)9(13)14/h5-7H,1-4H3;2-4H,10H2,1H3,(H,13,14). The van der Waals surface area contributed by atoms with Crippen LogP contribution in [0.25, 0.3) is 21.8 Å². The summed E-state index contributed by atoms with van der Waals surface area (Å²) in [4.78, 5) is 23.0. The van der Waals surface area contributed by atoms with E-state index in [0.29, 0.717) is 22.3 Å². The molecule has 16 heteroatoms. The van der Waals surface area contributed by atoms with Crippen molar-refractivity contribution >= 4 is 49.8 Å². The number of nitrogen functional groups attached to an aromatic ring is 1. The van der Waals surface area contributed by atoms with Gasteiger partial charge in [0.15, 0.2) is 5.75 Å². The molecule has 0 saturated heterocycles. The summed E-state index contributed by atoms with van der Waals surface area (Å²) in [5.74, 6) is -0.581. The lowest BCUT2D eigenvalue weighted by atomic mass is 10.2. The maximum atomic E-state index is 12.5. The Balaban J connectivity index is 0.000000252. The van der Waals surface area contributed by atoms with Crippen molar-refractivity contribution in [3.63, 3.8) is 0 Å². The number of nitrogens with zero attached hydrogens (tertiary/aromatic N) is 4. The highest BCUT2D eigenvalue weighted by Crippen LogP contribution is 2.33. The van der Waals surface area contributed by atoms with Crippen molar-refractivity contribution in [1.29, 1.82) is 0 Å². The molecule has 0 unspecified atom stereocenters. The van der Waals surface area contributed by atoms with E-state index in [-0.39, 0.29) is 16.6 Å². The molecule has 0 bridgehead atoms. The number of rotatable bonds is 2. The zero-order valence-corrected chi connectivity index (χ0v) is 22.1. The van der Waals surface area contributed by atoms with Crippen LogP contribution >= 0.6 is 0 Å². The molecule has 210 valence electrons. The third-order valence-electron chi connectivity index (χ3n) is 4.99. The summed E-state index contributed by atoms with van der Waals surface area (Å²) in [6, 6.07) is 8.78. The molecule has 0 saturated carbocycles. The predicted octanol–water partition coefficient (Wildman–Crippen LogP) is 4.81. The zero-order valence-electron chi connectivity index (χ0n) is 21.3. The number of hydrogen-bond donors (Lipinski definition) is 2. The fraction of sp³-hybridized carbons (Fsp3) is 0.304. The SMILES string of the molecule is Cc1nn(C(=O)O)c2cccc(N)c12.Cc1nn(C(=O)OC(C)(C)C)c2cccc(OS(=O)(=O)C(F)(F)F)c12. The molecule has 0 aliphatic carbocycles. The Bertz CT molecular complexity index is 1690. The van der Waals surface area contributed by atoms with Crippen molar-refractivity contribution in [3.8, 4) is 5.75 Å². The Morgan fingerprint density at radius 3 is 1.97 bits per heavy atom. The average Bonchev–Trinajstić information content (AvgIpc) is 3.31. The molecule has 0 atom stereocenters. The Morgan fingerprint density at radius 1 is 0.923 bits per heavy atom. The molecule has 3 N–H and O–H groups in total. The number of aryl methyl sites for hydroxylation is 2. The van der Waals surface area contributed by atoms with Crippen LogP contribution in [0.3, 0.4) is 0 Å². The number of alkyl halides is 3. The van der Waals surface area contributed by atoms with Gasteiger partial charge in [-0.2, -0.15) is 41.2 Å².